The van der Waals surface area contributed by atoms with Crippen LogP contribution in [0.5, 0.6) is 0 Å². The van der Waals surface area contributed by atoms with E-state index in [-0.39, 0.29) is 29.6 Å². The van der Waals surface area contributed by atoms with Gasteiger partial charge in [0.1, 0.15) is 11.9 Å². The van der Waals surface area contributed by atoms with Gasteiger partial charge in [0.25, 0.3) is 0 Å². The molecule has 1 unspecified atom stereocenters. The maximum atomic E-state index is 12.3. The zero-order chi connectivity index (χ0) is 18.8. The lowest BCUT2D eigenvalue weighted by atomic mass is 9.80. The zero-order valence-corrected chi connectivity index (χ0v) is 15.5. The smallest absolute Gasteiger partial charge is 0.224 e. The maximum Gasteiger partial charge on any atom is 0.224 e. The number of nitrogens with one attached hydrogen (secondary N) is 1. The zero-order valence-electron chi connectivity index (χ0n) is 15.5. The van der Waals surface area contributed by atoms with E-state index in [1.807, 2.05) is 30.0 Å². The maximum absolute atomic E-state index is 12.3. The SMILES string of the molecule is CC[C@H]1[C@H](C)C(Nc2cnc(C#N)cn2)c2cc(C)ccc2N1C(C)=O. The standard InChI is InChI=1S/C20H23N5O/c1-5-17-13(3)20(24-19-11-22-15(9-21)10-23-19)16-8-12(2)6-7-18(16)25(17)14(4)26/h6-8,10-11,13,17,20H,5H2,1-4H3,(H,23,24)/t13-,17-,20?/m0/s1. The minimum atomic E-state index is 0.00712. The Labute approximate surface area is 153 Å². The number of anilines is 2. The molecule has 3 atom stereocenters. The van der Waals surface area contributed by atoms with Crippen LogP contribution in [-0.4, -0.2) is 21.9 Å². The van der Waals surface area contributed by atoms with Gasteiger partial charge in [-0.3, -0.25) is 4.79 Å². The highest BCUT2D eigenvalue weighted by atomic mass is 16.2. The van der Waals surface area contributed by atoms with E-state index in [1.165, 1.54) is 6.20 Å². The number of fused-ring (bicyclic) bond motifs is 1. The highest BCUT2D eigenvalue weighted by Gasteiger charge is 2.39. The van der Waals surface area contributed by atoms with Crippen LogP contribution in [0.4, 0.5) is 11.5 Å². The predicted molar refractivity (Wildman–Crippen MR) is 101 cm³/mol. The Morgan fingerprint density at radius 3 is 2.69 bits per heavy atom. The lowest BCUT2D eigenvalue weighted by Gasteiger charge is -2.45. The molecule has 0 aliphatic carbocycles. The van der Waals surface area contributed by atoms with Gasteiger partial charge in [-0.25, -0.2) is 9.97 Å². The molecule has 0 saturated carbocycles. The van der Waals surface area contributed by atoms with E-state index in [2.05, 4.69) is 35.2 Å². The second kappa shape index (κ2) is 7.12. The van der Waals surface area contributed by atoms with Crippen LogP contribution in [0.1, 0.15) is 50.1 Å². The van der Waals surface area contributed by atoms with Crippen LogP contribution in [0.3, 0.4) is 0 Å². The van der Waals surface area contributed by atoms with Gasteiger partial charge in [0.2, 0.25) is 5.91 Å². The molecule has 2 aromatic rings. The summed E-state index contributed by atoms with van der Waals surface area (Å²) in [4.78, 5) is 22.7. The van der Waals surface area contributed by atoms with Crippen LogP contribution in [0, 0.1) is 24.2 Å². The highest BCUT2D eigenvalue weighted by molar-refractivity contribution is 5.94. The molecule has 1 N–H and O–H groups in total. The highest BCUT2D eigenvalue weighted by Crippen LogP contribution is 2.43. The van der Waals surface area contributed by atoms with Crippen molar-refractivity contribution in [2.45, 2.75) is 46.2 Å². The average molecular weight is 349 g/mol. The molecule has 134 valence electrons. The van der Waals surface area contributed by atoms with E-state index in [0.29, 0.717) is 5.82 Å². The van der Waals surface area contributed by atoms with Gasteiger partial charge in [-0.15, -0.1) is 0 Å². The van der Waals surface area contributed by atoms with Gasteiger partial charge in [0.15, 0.2) is 5.69 Å². The first-order valence-corrected chi connectivity index (χ1v) is 8.85. The molecule has 6 heteroatoms. The number of carbonyl (C=O) groups is 1. The Balaban J connectivity index is 2.05. The number of benzene rings is 1. The molecule has 1 aliphatic heterocycles. The molecule has 0 radical (unpaired) electrons. The van der Waals surface area contributed by atoms with Gasteiger partial charge in [-0.05, 0) is 25.0 Å². The number of aryl methyl sites for hydroxylation is 1. The first kappa shape index (κ1) is 17.9. The molecule has 3 rings (SSSR count). The predicted octanol–water partition coefficient (Wildman–Crippen LogP) is 3.59. The van der Waals surface area contributed by atoms with Crippen LogP contribution < -0.4 is 10.2 Å². The Kier molecular flexibility index (Phi) is 4.90. The van der Waals surface area contributed by atoms with Crippen LogP contribution in [0.25, 0.3) is 0 Å². The van der Waals surface area contributed by atoms with E-state index in [9.17, 15) is 4.79 Å². The molecular weight excluding hydrogens is 326 g/mol. The van der Waals surface area contributed by atoms with Gasteiger partial charge >= 0.3 is 0 Å². The molecule has 1 amide bonds. The number of nitrogens with zero attached hydrogens (tertiary/aromatic N) is 4. The van der Waals surface area contributed by atoms with Crippen molar-refractivity contribution in [3.8, 4) is 6.07 Å². The quantitative estimate of drug-likeness (QED) is 0.916. The van der Waals surface area contributed by atoms with E-state index < -0.39 is 0 Å². The number of amides is 1. The minimum absolute atomic E-state index is 0.00712. The van der Waals surface area contributed by atoms with Crippen molar-refractivity contribution in [1.29, 1.82) is 5.26 Å². The summed E-state index contributed by atoms with van der Waals surface area (Å²) >= 11 is 0. The third kappa shape index (κ3) is 3.13. The minimum Gasteiger partial charge on any atom is -0.362 e. The van der Waals surface area contributed by atoms with E-state index in [4.69, 9.17) is 5.26 Å². The number of rotatable bonds is 3. The first-order valence-electron chi connectivity index (χ1n) is 8.85. The molecule has 0 spiro atoms. The summed E-state index contributed by atoms with van der Waals surface area (Å²) in [5.74, 6) is 0.875. The molecule has 0 bridgehead atoms. The summed E-state index contributed by atoms with van der Waals surface area (Å²) in [6, 6.07) is 8.28. The number of hydrogen-bond donors (Lipinski definition) is 1. The second-order valence-corrected chi connectivity index (χ2v) is 6.81. The summed E-state index contributed by atoms with van der Waals surface area (Å²) in [5, 5.41) is 12.4. The number of aromatic nitrogens is 2. The number of nitriles is 1. The molecule has 0 fully saturated rings. The lowest BCUT2D eigenvalue weighted by molar-refractivity contribution is -0.117. The Morgan fingerprint density at radius 2 is 2.12 bits per heavy atom. The van der Waals surface area contributed by atoms with Gasteiger partial charge in [0, 0.05) is 24.6 Å². The van der Waals surface area contributed by atoms with Crippen molar-refractivity contribution in [3.63, 3.8) is 0 Å². The molecule has 6 nitrogen and oxygen atoms in total. The van der Waals surface area contributed by atoms with Crippen LogP contribution >= 0.6 is 0 Å². The summed E-state index contributed by atoms with van der Waals surface area (Å²) in [6.07, 6.45) is 3.91. The van der Waals surface area contributed by atoms with Gasteiger partial charge < -0.3 is 10.2 Å². The Morgan fingerprint density at radius 1 is 1.35 bits per heavy atom. The second-order valence-electron chi connectivity index (χ2n) is 6.81. The number of hydrogen-bond acceptors (Lipinski definition) is 5. The van der Waals surface area contributed by atoms with Crippen molar-refractivity contribution in [1.82, 2.24) is 9.97 Å². The van der Waals surface area contributed by atoms with E-state index in [0.717, 1.165) is 23.2 Å². The van der Waals surface area contributed by atoms with Gasteiger partial charge in [0.05, 0.1) is 18.4 Å². The van der Waals surface area contributed by atoms with Crippen LogP contribution in [0.15, 0.2) is 30.6 Å². The monoisotopic (exact) mass is 349 g/mol. The average Bonchev–Trinajstić information content (AvgIpc) is 2.63. The summed E-state index contributed by atoms with van der Waals surface area (Å²) in [6.45, 7) is 7.94. The third-order valence-corrected chi connectivity index (χ3v) is 5.07. The molecule has 1 aromatic heterocycles. The number of carbonyl (C=O) groups excluding carboxylic acids is 1. The first-order chi connectivity index (χ1) is 12.5. The molecule has 26 heavy (non-hydrogen) atoms. The summed E-state index contributed by atoms with van der Waals surface area (Å²) in [7, 11) is 0. The fraction of sp³-hybridized carbons (Fsp3) is 0.400. The molecule has 1 aliphatic rings. The van der Waals surface area contributed by atoms with Crippen LogP contribution in [-0.2, 0) is 4.79 Å². The van der Waals surface area contributed by atoms with Crippen molar-refractivity contribution in [2.75, 3.05) is 10.2 Å². The largest absolute Gasteiger partial charge is 0.362 e. The van der Waals surface area contributed by atoms with Gasteiger partial charge in [-0.1, -0.05) is 31.5 Å². The van der Waals surface area contributed by atoms with E-state index >= 15 is 0 Å². The van der Waals surface area contributed by atoms with E-state index in [1.54, 1.807) is 13.1 Å². The molecule has 1 aromatic carbocycles. The van der Waals surface area contributed by atoms with Gasteiger partial charge in [-0.2, -0.15) is 5.26 Å². The Hall–Kier alpha value is -2.94. The fourth-order valence-electron chi connectivity index (χ4n) is 3.85. The van der Waals surface area contributed by atoms with Crippen molar-refractivity contribution < 1.29 is 4.79 Å². The van der Waals surface area contributed by atoms with Crippen molar-refractivity contribution in [2.24, 2.45) is 5.92 Å². The summed E-state index contributed by atoms with van der Waals surface area (Å²) < 4.78 is 0. The lowest BCUT2D eigenvalue weighted by Crippen LogP contribution is -2.49. The third-order valence-electron chi connectivity index (χ3n) is 5.07. The Bertz CT molecular complexity index is 855. The summed E-state index contributed by atoms with van der Waals surface area (Å²) in [5.41, 5.74) is 3.47. The van der Waals surface area contributed by atoms with Crippen molar-refractivity contribution in [3.05, 3.63) is 47.4 Å². The molecular formula is C20H23N5O. The normalized spacial score (nSPS) is 21.7. The topological polar surface area (TPSA) is 81.9 Å². The molecule has 0 saturated heterocycles. The van der Waals surface area contributed by atoms with Crippen molar-refractivity contribution >= 4 is 17.4 Å². The fourth-order valence-corrected chi connectivity index (χ4v) is 3.85. The van der Waals surface area contributed by atoms with Crippen LogP contribution in [0.2, 0.25) is 0 Å². The molecule has 2 heterocycles.